The van der Waals surface area contributed by atoms with Crippen molar-refractivity contribution in [3.63, 3.8) is 0 Å². The number of halogens is 1. The number of carbonyl (C=O) groups excluding carboxylic acids is 2. The summed E-state index contributed by atoms with van der Waals surface area (Å²) in [5.41, 5.74) is 1.08. The van der Waals surface area contributed by atoms with Gasteiger partial charge in [0.1, 0.15) is 6.29 Å². The Morgan fingerprint density at radius 3 is 2.29 bits per heavy atom. The van der Waals surface area contributed by atoms with E-state index in [2.05, 4.69) is 5.32 Å². The standard InChI is InChI=1S/C18H26ClNO4/c19-9-3-1-2-4-11-23-13-14-24-12-10-20-18(22)17-7-5-16(15-21)6-8-17/h5-8,15H,1-4,9-14H2,(H,20,22). The van der Waals surface area contributed by atoms with Gasteiger partial charge in [0.25, 0.3) is 5.91 Å². The molecule has 1 aromatic rings. The van der Waals surface area contributed by atoms with Crippen LogP contribution < -0.4 is 5.32 Å². The van der Waals surface area contributed by atoms with E-state index in [0.717, 1.165) is 44.5 Å². The van der Waals surface area contributed by atoms with E-state index in [-0.39, 0.29) is 5.91 Å². The first kappa shape index (κ1) is 20.6. The van der Waals surface area contributed by atoms with E-state index in [4.69, 9.17) is 21.1 Å². The molecule has 0 radical (unpaired) electrons. The SMILES string of the molecule is O=Cc1ccc(C(=O)NCCOCCOCCCCCCCl)cc1. The van der Waals surface area contributed by atoms with Crippen LogP contribution in [0.4, 0.5) is 0 Å². The van der Waals surface area contributed by atoms with Crippen molar-refractivity contribution < 1.29 is 19.1 Å². The number of alkyl halides is 1. The molecule has 0 saturated heterocycles. The molecule has 0 saturated carbocycles. The highest BCUT2D eigenvalue weighted by Gasteiger charge is 2.04. The van der Waals surface area contributed by atoms with Crippen LogP contribution in [0, 0.1) is 0 Å². The Kier molecular flexibility index (Phi) is 12.0. The zero-order valence-electron chi connectivity index (χ0n) is 14.0. The van der Waals surface area contributed by atoms with Gasteiger partial charge in [-0.15, -0.1) is 11.6 Å². The van der Waals surface area contributed by atoms with E-state index in [1.807, 2.05) is 0 Å². The molecule has 6 heteroatoms. The normalized spacial score (nSPS) is 10.5. The number of hydrogen-bond acceptors (Lipinski definition) is 4. The average molecular weight is 356 g/mol. The lowest BCUT2D eigenvalue weighted by Crippen LogP contribution is -2.27. The Bertz CT molecular complexity index is 465. The summed E-state index contributed by atoms with van der Waals surface area (Å²) in [5, 5.41) is 2.76. The fourth-order valence-corrected chi connectivity index (χ4v) is 2.21. The Labute approximate surface area is 148 Å². The molecule has 1 aromatic carbocycles. The Hall–Kier alpha value is -1.43. The van der Waals surface area contributed by atoms with E-state index < -0.39 is 0 Å². The summed E-state index contributed by atoms with van der Waals surface area (Å²) in [4.78, 5) is 22.4. The summed E-state index contributed by atoms with van der Waals surface area (Å²) in [6, 6.07) is 6.48. The first-order valence-corrected chi connectivity index (χ1v) is 8.86. The van der Waals surface area contributed by atoms with Gasteiger partial charge < -0.3 is 14.8 Å². The van der Waals surface area contributed by atoms with Crippen molar-refractivity contribution in [2.75, 3.05) is 38.9 Å². The van der Waals surface area contributed by atoms with Gasteiger partial charge in [-0.25, -0.2) is 0 Å². The second-order valence-corrected chi connectivity index (χ2v) is 5.70. The third-order valence-corrected chi connectivity index (χ3v) is 3.65. The summed E-state index contributed by atoms with van der Waals surface area (Å²) < 4.78 is 10.9. The Balaban J connectivity index is 1.94. The fourth-order valence-electron chi connectivity index (χ4n) is 2.03. The maximum atomic E-state index is 11.8. The van der Waals surface area contributed by atoms with Crippen LogP contribution in [-0.2, 0) is 9.47 Å². The summed E-state index contributed by atoms with van der Waals surface area (Å²) in [6.07, 6.45) is 5.17. The highest BCUT2D eigenvalue weighted by atomic mass is 35.5. The van der Waals surface area contributed by atoms with Crippen molar-refractivity contribution in [3.05, 3.63) is 35.4 Å². The number of carbonyl (C=O) groups is 2. The van der Waals surface area contributed by atoms with Gasteiger partial charge in [0.2, 0.25) is 0 Å². The van der Waals surface area contributed by atoms with Crippen LogP contribution >= 0.6 is 11.6 Å². The second kappa shape index (κ2) is 14.0. The molecule has 0 aromatic heterocycles. The average Bonchev–Trinajstić information content (AvgIpc) is 2.62. The molecule has 0 fully saturated rings. The van der Waals surface area contributed by atoms with Gasteiger partial charge in [-0.1, -0.05) is 25.0 Å². The van der Waals surface area contributed by atoms with Crippen molar-refractivity contribution in [2.24, 2.45) is 0 Å². The number of benzene rings is 1. The van der Waals surface area contributed by atoms with Crippen LogP contribution in [0.5, 0.6) is 0 Å². The molecular weight excluding hydrogens is 330 g/mol. The number of rotatable bonds is 14. The predicted molar refractivity (Wildman–Crippen MR) is 95.0 cm³/mol. The molecule has 1 amide bonds. The molecule has 5 nitrogen and oxygen atoms in total. The minimum Gasteiger partial charge on any atom is -0.379 e. The highest BCUT2D eigenvalue weighted by molar-refractivity contribution is 6.17. The van der Waals surface area contributed by atoms with E-state index in [0.29, 0.717) is 37.5 Å². The molecule has 24 heavy (non-hydrogen) atoms. The van der Waals surface area contributed by atoms with Gasteiger partial charge in [0.05, 0.1) is 19.8 Å². The van der Waals surface area contributed by atoms with E-state index in [1.165, 1.54) is 0 Å². The van der Waals surface area contributed by atoms with Crippen LogP contribution in [0.1, 0.15) is 46.4 Å². The quantitative estimate of drug-likeness (QED) is 0.316. The molecule has 0 atom stereocenters. The predicted octanol–water partition coefficient (Wildman–Crippen LogP) is 3.06. The minimum atomic E-state index is -0.177. The van der Waals surface area contributed by atoms with E-state index in [9.17, 15) is 9.59 Å². The van der Waals surface area contributed by atoms with Crippen LogP contribution in [0.3, 0.4) is 0 Å². The van der Waals surface area contributed by atoms with Crippen molar-refractivity contribution in [3.8, 4) is 0 Å². The van der Waals surface area contributed by atoms with Crippen molar-refractivity contribution in [1.82, 2.24) is 5.32 Å². The van der Waals surface area contributed by atoms with E-state index >= 15 is 0 Å². The highest BCUT2D eigenvalue weighted by Crippen LogP contribution is 2.02. The Morgan fingerprint density at radius 1 is 0.958 bits per heavy atom. The minimum absolute atomic E-state index is 0.177. The zero-order valence-corrected chi connectivity index (χ0v) is 14.7. The largest absolute Gasteiger partial charge is 0.379 e. The molecule has 134 valence electrons. The number of hydrogen-bond donors (Lipinski definition) is 1. The second-order valence-electron chi connectivity index (χ2n) is 5.32. The summed E-state index contributed by atoms with van der Waals surface area (Å²) in [7, 11) is 0. The van der Waals surface area contributed by atoms with Crippen LogP contribution in [0.25, 0.3) is 0 Å². The number of unbranched alkanes of at least 4 members (excludes halogenated alkanes) is 3. The third-order valence-electron chi connectivity index (χ3n) is 3.39. The Morgan fingerprint density at radius 2 is 1.62 bits per heavy atom. The van der Waals surface area contributed by atoms with Crippen LogP contribution in [0.2, 0.25) is 0 Å². The number of nitrogens with one attached hydrogen (secondary N) is 1. The smallest absolute Gasteiger partial charge is 0.251 e. The van der Waals surface area contributed by atoms with Gasteiger partial charge >= 0.3 is 0 Å². The number of ether oxygens (including phenoxy) is 2. The lowest BCUT2D eigenvalue weighted by molar-refractivity contribution is 0.0468. The fraction of sp³-hybridized carbons (Fsp3) is 0.556. The number of amides is 1. The topological polar surface area (TPSA) is 64.6 Å². The first-order chi connectivity index (χ1) is 11.8. The maximum absolute atomic E-state index is 11.8. The summed E-state index contributed by atoms with van der Waals surface area (Å²) in [6.45, 7) is 2.71. The van der Waals surface area contributed by atoms with Gasteiger partial charge in [-0.2, -0.15) is 0 Å². The molecule has 0 aliphatic rings. The molecule has 0 bridgehead atoms. The van der Waals surface area contributed by atoms with Gasteiger partial charge in [0, 0.05) is 30.2 Å². The third kappa shape index (κ3) is 9.65. The van der Waals surface area contributed by atoms with Crippen molar-refractivity contribution >= 4 is 23.8 Å². The van der Waals surface area contributed by atoms with Gasteiger partial charge in [-0.3, -0.25) is 9.59 Å². The molecule has 0 aliphatic heterocycles. The molecule has 0 spiro atoms. The van der Waals surface area contributed by atoms with Crippen LogP contribution in [-0.4, -0.2) is 51.0 Å². The molecular formula is C18H26ClNO4. The van der Waals surface area contributed by atoms with Gasteiger partial charge in [0.15, 0.2) is 0 Å². The van der Waals surface area contributed by atoms with Crippen molar-refractivity contribution in [1.29, 1.82) is 0 Å². The summed E-state index contributed by atoms with van der Waals surface area (Å²) >= 11 is 5.60. The molecule has 0 aliphatic carbocycles. The monoisotopic (exact) mass is 355 g/mol. The molecule has 1 rings (SSSR count). The molecule has 0 unspecified atom stereocenters. The molecule has 0 heterocycles. The summed E-state index contributed by atoms with van der Waals surface area (Å²) in [5.74, 6) is 0.555. The van der Waals surface area contributed by atoms with E-state index in [1.54, 1.807) is 24.3 Å². The van der Waals surface area contributed by atoms with Crippen molar-refractivity contribution in [2.45, 2.75) is 25.7 Å². The zero-order chi connectivity index (χ0) is 17.5. The first-order valence-electron chi connectivity index (χ1n) is 8.33. The lowest BCUT2D eigenvalue weighted by Gasteiger charge is -2.07. The maximum Gasteiger partial charge on any atom is 0.251 e. The molecule has 1 N–H and O–H groups in total. The number of aldehydes is 1. The van der Waals surface area contributed by atoms with Crippen LogP contribution in [0.15, 0.2) is 24.3 Å². The van der Waals surface area contributed by atoms with Gasteiger partial charge in [-0.05, 0) is 25.0 Å². The lowest BCUT2D eigenvalue weighted by atomic mass is 10.1.